The van der Waals surface area contributed by atoms with E-state index >= 15 is 0 Å². The van der Waals surface area contributed by atoms with Crippen molar-refractivity contribution < 1.29 is 9.79 Å². The van der Waals surface area contributed by atoms with Gasteiger partial charge < -0.3 is 0 Å². The summed E-state index contributed by atoms with van der Waals surface area (Å²) in [6.07, 6.45) is 2.65. The van der Waals surface area contributed by atoms with Gasteiger partial charge in [-0.1, -0.05) is 17.7 Å². The predicted molar refractivity (Wildman–Crippen MR) is 58.2 cm³/mol. The Morgan fingerprint density at radius 3 is 2.40 bits per heavy atom. The van der Waals surface area contributed by atoms with E-state index in [1.54, 1.807) is 24.3 Å². The van der Waals surface area contributed by atoms with E-state index in [4.69, 9.17) is 1.37 Å². The zero-order chi connectivity index (χ0) is 11.8. The van der Waals surface area contributed by atoms with Crippen molar-refractivity contribution in [3.05, 3.63) is 54.3 Å². The van der Waals surface area contributed by atoms with Crippen LogP contribution in [0.2, 0.25) is 0 Å². The highest BCUT2D eigenvalue weighted by molar-refractivity contribution is 7.90. The van der Waals surface area contributed by atoms with Gasteiger partial charge in [0.15, 0.2) is 0 Å². The molecular weight excluding hydrogens is 210 g/mol. The molecule has 0 amide bonds. The van der Waals surface area contributed by atoms with Crippen LogP contribution in [0.3, 0.4) is 0 Å². The number of hydrogen-bond donors (Lipinski definition) is 0. The van der Waals surface area contributed by atoms with Crippen LogP contribution in [0.5, 0.6) is 0 Å². The first kappa shape index (κ1) is 8.73. The average Bonchev–Trinajstić information content (AvgIpc) is 2.66. The molecule has 0 N–H and O–H groups in total. The van der Waals surface area contributed by atoms with Crippen LogP contribution in [0, 0.1) is 6.92 Å². The van der Waals surface area contributed by atoms with Crippen molar-refractivity contribution in [1.29, 1.82) is 0 Å². The Balaban J connectivity index is 2.51. The largest absolute Gasteiger partial charge is 0.267 e. The highest BCUT2D eigenvalue weighted by Crippen LogP contribution is 2.14. The molecule has 0 aliphatic rings. The molecule has 4 heteroatoms. The molecule has 0 saturated heterocycles. The molecule has 0 aliphatic heterocycles. The molecule has 1 aromatic heterocycles. The quantitative estimate of drug-likeness (QED) is 0.780. The number of aryl methyl sites for hydroxylation is 1. The lowest BCUT2D eigenvalue weighted by atomic mass is 10.2. The van der Waals surface area contributed by atoms with Crippen LogP contribution in [0.15, 0.2) is 53.7 Å². The summed E-state index contributed by atoms with van der Waals surface area (Å²) < 4.78 is 32.4. The Kier molecular flexibility index (Phi) is 2.07. The molecule has 2 aromatic rings. The SMILES string of the molecule is [2H]c1ccn(S(=O)(=O)c2ccc(C)cc2)c1. The van der Waals surface area contributed by atoms with Crippen LogP contribution in [-0.2, 0) is 10.0 Å². The summed E-state index contributed by atoms with van der Waals surface area (Å²) in [6.45, 7) is 1.90. The van der Waals surface area contributed by atoms with Crippen molar-refractivity contribution in [2.24, 2.45) is 0 Å². The van der Waals surface area contributed by atoms with Crippen molar-refractivity contribution in [3.8, 4) is 0 Å². The Bertz CT molecular complexity index is 599. The molecule has 0 spiro atoms. The number of aromatic nitrogens is 1. The minimum absolute atomic E-state index is 0.177. The van der Waals surface area contributed by atoms with E-state index in [2.05, 4.69) is 0 Å². The second-order valence-corrected chi connectivity index (χ2v) is 5.10. The zero-order valence-corrected chi connectivity index (χ0v) is 9.03. The molecule has 15 heavy (non-hydrogen) atoms. The summed E-state index contributed by atoms with van der Waals surface area (Å²) in [5.74, 6) is 0. The Labute approximate surface area is 90.4 Å². The van der Waals surface area contributed by atoms with E-state index in [9.17, 15) is 8.42 Å². The third-order valence-electron chi connectivity index (χ3n) is 2.12. The molecular formula is C11H11NO2S. The fourth-order valence-electron chi connectivity index (χ4n) is 1.26. The van der Waals surface area contributed by atoms with Crippen LogP contribution in [0.4, 0.5) is 0 Å². The summed E-state index contributed by atoms with van der Waals surface area (Å²) in [5.41, 5.74) is 1.01. The minimum Gasteiger partial charge on any atom is -0.249 e. The number of rotatable bonds is 2. The molecule has 3 nitrogen and oxygen atoms in total. The highest BCUT2D eigenvalue weighted by Gasteiger charge is 2.14. The molecule has 0 radical (unpaired) electrons. The van der Waals surface area contributed by atoms with E-state index in [-0.39, 0.29) is 10.9 Å². The molecule has 0 atom stereocenters. The first-order valence-electron chi connectivity index (χ1n) is 4.97. The lowest BCUT2D eigenvalue weighted by Gasteiger charge is -2.05. The van der Waals surface area contributed by atoms with Gasteiger partial charge in [-0.25, -0.2) is 12.4 Å². The number of benzene rings is 1. The molecule has 0 fully saturated rings. The van der Waals surface area contributed by atoms with Crippen molar-refractivity contribution in [2.75, 3.05) is 0 Å². The lowest BCUT2D eigenvalue weighted by molar-refractivity contribution is 0.587. The molecule has 1 aromatic carbocycles. The maximum absolute atomic E-state index is 12.0. The van der Waals surface area contributed by atoms with Gasteiger partial charge >= 0.3 is 0 Å². The average molecular weight is 222 g/mol. The number of nitrogens with zero attached hydrogens (tertiary/aromatic N) is 1. The molecule has 0 unspecified atom stereocenters. The van der Waals surface area contributed by atoms with Crippen LogP contribution in [0.25, 0.3) is 0 Å². The molecule has 0 aliphatic carbocycles. The van der Waals surface area contributed by atoms with Crippen molar-refractivity contribution in [1.82, 2.24) is 3.97 Å². The Hall–Kier alpha value is -1.55. The summed E-state index contributed by atoms with van der Waals surface area (Å²) in [7, 11) is -3.54. The summed E-state index contributed by atoms with van der Waals surface area (Å²) in [6, 6.07) is 8.24. The zero-order valence-electron chi connectivity index (χ0n) is 9.21. The van der Waals surface area contributed by atoms with E-state index < -0.39 is 10.0 Å². The fraction of sp³-hybridized carbons (Fsp3) is 0.0909. The second-order valence-electron chi connectivity index (χ2n) is 3.26. The van der Waals surface area contributed by atoms with Gasteiger partial charge in [-0.3, -0.25) is 0 Å². The molecule has 0 bridgehead atoms. The van der Waals surface area contributed by atoms with Gasteiger partial charge in [0.1, 0.15) is 0 Å². The summed E-state index contributed by atoms with van der Waals surface area (Å²) in [4.78, 5) is 0.230. The normalized spacial score (nSPS) is 12.5. The van der Waals surface area contributed by atoms with Crippen molar-refractivity contribution >= 4 is 10.0 Å². The van der Waals surface area contributed by atoms with Crippen LogP contribution in [-0.4, -0.2) is 12.4 Å². The van der Waals surface area contributed by atoms with Gasteiger partial charge in [0.05, 0.1) is 6.27 Å². The molecule has 2 rings (SSSR count). The first-order valence-corrected chi connectivity index (χ1v) is 5.91. The van der Waals surface area contributed by atoms with Crippen LogP contribution >= 0.6 is 0 Å². The van der Waals surface area contributed by atoms with Gasteiger partial charge in [-0.2, -0.15) is 0 Å². The first-order chi connectivity index (χ1) is 7.50. The maximum Gasteiger partial charge on any atom is 0.267 e. The van der Waals surface area contributed by atoms with Gasteiger partial charge in [0, 0.05) is 12.4 Å². The van der Waals surface area contributed by atoms with E-state index in [1.165, 1.54) is 18.5 Å². The summed E-state index contributed by atoms with van der Waals surface area (Å²) in [5, 5.41) is 0. The van der Waals surface area contributed by atoms with Crippen LogP contribution < -0.4 is 0 Å². The fourth-order valence-corrected chi connectivity index (χ4v) is 2.40. The Morgan fingerprint density at radius 1 is 1.20 bits per heavy atom. The van der Waals surface area contributed by atoms with Gasteiger partial charge in [0.25, 0.3) is 10.0 Å². The van der Waals surface area contributed by atoms with Gasteiger partial charge in [-0.15, -0.1) is 0 Å². The summed E-state index contributed by atoms with van der Waals surface area (Å²) >= 11 is 0. The van der Waals surface area contributed by atoms with E-state index in [0.29, 0.717) is 0 Å². The predicted octanol–water partition coefficient (Wildman–Crippen LogP) is 2.03. The van der Waals surface area contributed by atoms with Crippen molar-refractivity contribution in [3.63, 3.8) is 0 Å². The molecule has 1 heterocycles. The monoisotopic (exact) mass is 222 g/mol. The molecule has 0 saturated carbocycles. The van der Waals surface area contributed by atoms with Crippen LogP contribution in [0.1, 0.15) is 6.93 Å². The third-order valence-corrected chi connectivity index (χ3v) is 3.77. The van der Waals surface area contributed by atoms with Gasteiger partial charge in [0.2, 0.25) is 0 Å². The van der Waals surface area contributed by atoms with E-state index in [1.807, 2.05) is 6.92 Å². The second kappa shape index (κ2) is 3.55. The van der Waals surface area contributed by atoms with Crippen molar-refractivity contribution in [2.45, 2.75) is 11.8 Å². The lowest BCUT2D eigenvalue weighted by Crippen LogP contribution is -2.10. The standard InChI is InChI=1S/C11H11NO2S/c1-10-4-6-11(7-5-10)15(13,14)12-8-2-3-9-12/h2-9H,1H3/i2D. The van der Waals surface area contributed by atoms with Gasteiger partial charge in [-0.05, 0) is 31.2 Å². The smallest absolute Gasteiger partial charge is 0.249 e. The highest BCUT2D eigenvalue weighted by atomic mass is 32.2. The third kappa shape index (κ3) is 1.80. The number of hydrogen-bond acceptors (Lipinski definition) is 2. The van der Waals surface area contributed by atoms with E-state index in [0.717, 1.165) is 9.54 Å². The minimum atomic E-state index is -3.54. The Morgan fingerprint density at radius 2 is 1.87 bits per heavy atom. The maximum atomic E-state index is 12.0. The topological polar surface area (TPSA) is 39.1 Å². The molecule has 78 valence electrons.